The molecule has 1 heterocycles. The van der Waals surface area contributed by atoms with Gasteiger partial charge in [0, 0.05) is 24.8 Å². The molecular weight excluding hydrogens is 318 g/mol. The molecule has 1 atom stereocenters. The van der Waals surface area contributed by atoms with Gasteiger partial charge in [0.1, 0.15) is 11.8 Å². The molecule has 6 nitrogen and oxygen atoms in total. The maximum absolute atomic E-state index is 13.0. The van der Waals surface area contributed by atoms with E-state index in [9.17, 15) is 9.59 Å². The Morgan fingerprint density at radius 3 is 2.72 bits per heavy atom. The summed E-state index contributed by atoms with van der Waals surface area (Å²) in [5.74, 6) is 0.432. The Kier molecular flexibility index (Phi) is 5.30. The van der Waals surface area contributed by atoms with Crippen LogP contribution in [0.2, 0.25) is 0 Å². The van der Waals surface area contributed by atoms with Crippen molar-refractivity contribution in [1.29, 1.82) is 0 Å². The van der Waals surface area contributed by atoms with E-state index in [1.165, 1.54) is 0 Å². The fourth-order valence-corrected chi connectivity index (χ4v) is 2.95. The van der Waals surface area contributed by atoms with Crippen molar-refractivity contribution in [2.75, 3.05) is 32.1 Å². The number of methoxy groups -OCH3 is 1. The second kappa shape index (κ2) is 7.81. The second-order valence-electron chi connectivity index (χ2n) is 5.85. The fraction of sp³-hybridized carbons (Fsp3) is 0.263. The Bertz CT molecular complexity index is 749. The molecule has 130 valence electrons. The van der Waals surface area contributed by atoms with Crippen LogP contribution in [0.15, 0.2) is 54.6 Å². The van der Waals surface area contributed by atoms with Crippen molar-refractivity contribution >= 4 is 17.5 Å². The summed E-state index contributed by atoms with van der Waals surface area (Å²) in [6, 6.07) is 16.2. The van der Waals surface area contributed by atoms with Crippen LogP contribution in [-0.2, 0) is 9.59 Å². The number of benzene rings is 2. The molecular formula is C19H21N3O3. The van der Waals surface area contributed by atoms with Gasteiger partial charge in [0.25, 0.3) is 0 Å². The largest absolute Gasteiger partial charge is 0.497 e. The van der Waals surface area contributed by atoms with Crippen LogP contribution in [0.25, 0.3) is 0 Å². The molecule has 1 fully saturated rings. The highest BCUT2D eigenvalue weighted by molar-refractivity contribution is 5.96. The topological polar surface area (TPSA) is 70.7 Å². The number of nitrogens with zero attached hydrogens (tertiary/aromatic N) is 1. The number of rotatable bonds is 5. The van der Waals surface area contributed by atoms with E-state index in [2.05, 4.69) is 10.6 Å². The van der Waals surface area contributed by atoms with Crippen molar-refractivity contribution in [2.24, 2.45) is 0 Å². The third-order valence-electron chi connectivity index (χ3n) is 4.13. The number of carbonyl (C=O) groups is 2. The summed E-state index contributed by atoms with van der Waals surface area (Å²) >= 11 is 0. The Labute approximate surface area is 146 Å². The SMILES string of the molecule is COc1cccc(NC(=O)[C@@H](c2ccccc2)N2CCNC(=O)C2)c1. The Hall–Kier alpha value is -2.86. The molecule has 1 aliphatic heterocycles. The zero-order valence-corrected chi connectivity index (χ0v) is 14.1. The third-order valence-corrected chi connectivity index (χ3v) is 4.13. The van der Waals surface area contributed by atoms with E-state index < -0.39 is 6.04 Å². The lowest BCUT2D eigenvalue weighted by Gasteiger charge is -2.33. The summed E-state index contributed by atoms with van der Waals surface area (Å²) in [4.78, 5) is 26.7. The van der Waals surface area contributed by atoms with Gasteiger partial charge in [-0.3, -0.25) is 14.5 Å². The van der Waals surface area contributed by atoms with Crippen molar-refractivity contribution in [3.05, 3.63) is 60.2 Å². The van der Waals surface area contributed by atoms with E-state index in [1.54, 1.807) is 13.2 Å². The first-order valence-electron chi connectivity index (χ1n) is 8.18. The summed E-state index contributed by atoms with van der Waals surface area (Å²) in [5.41, 5.74) is 1.52. The first-order chi connectivity index (χ1) is 12.2. The highest BCUT2D eigenvalue weighted by Gasteiger charge is 2.31. The monoisotopic (exact) mass is 339 g/mol. The van der Waals surface area contributed by atoms with Gasteiger partial charge in [0.2, 0.25) is 11.8 Å². The summed E-state index contributed by atoms with van der Waals surface area (Å²) in [6.45, 7) is 1.36. The molecule has 2 aromatic rings. The van der Waals surface area contributed by atoms with Crippen LogP contribution in [0.4, 0.5) is 5.69 Å². The average Bonchev–Trinajstić information content (AvgIpc) is 2.63. The first kappa shape index (κ1) is 17.0. The van der Waals surface area contributed by atoms with Crippen molar-refractivity contribution in [2.45, 2.75) is 6.04 Å². The number of anilines is 1. The molecule has 2 aromatic carbocycles. The van der Waals surface area contributed by atoms with Gasteiger partial charge in [-0.05, 0) is 17.7 Å². The quantitative estimate of drug-likeness (QED) is 0.872. The molecule has 1 saturated heterocycles. The van der Waals surface area contributed by atoms with Gasteiger partial charge in [-0.1, -0.05) is 36.4 Å². The van der Waals surface area contributed by atoms with E-state index in [1.807, 2.05) is 53.4 Å². The van der Waals surface area contributed by atoms with Crippen LogP contribution >= 0.6 is 0 Å². The zero-order valence-electron chi connectivity index (χ0n) is 14.1. The summed E-state index contributed by atoms with van der Waals surface area (Å²) in [5, 5.41) is 5.73. The second-order valence-corrected chi connectivity index (χ2v) is 5.85. The number of amides is 2. The summed E-state index contributed by atoms with van der Waals surface area (Å²) in [6.07, 6.45) is 0. The molecule has 2 amide bonds. The van der Waals surface area contributed by atoms with Gasteiger partial charge in [-0.2, -0.15) is 0 Å². The smallest absolute Gasteiger partial charge is 0.246 e. The van der Waals surface area contributed by atoms with Crippen LogP contribution in [0.5, 0.6) is 5.75 Å². The molecule has 1 aliphatic rings. The molecule has 0 spiro atoms. The molecule has 0 aliphatic carbocycles. The first-order valence-corrected chi connectivity index (χ1v) is 8.18. The van der Waals surface area contributed by atoms with Crippen LogP contribution < -0.4 is 15.4 Å². The third kappa shape index (κ3) is 4.16. The molecule has 25 heavy (non-hydrogen) atoms. The maximum Gasteiger partial charge on any atom is 0.246 e. The summed E-state index contributed by atoms with van der Waals surface area (Å²) < 4.78 is 5.20. The van der Waals surface area contributed by atoms with Crippen LogP contribution in [0.1, 0.15) is 11.6 Å². The lowest BCUT2D eigenvalue weighted by Crippen LogP contribution is -2.51. The van der Waals surface area contributed by atoms with Gasteiger partial charge in [0.05, 0.1) is 13.7 Å². The summed E-state index contributed by atoms with van der Waals surface area (Å²) in [7, 11) is 1.58. The number of carbonyl (C=O) groups excluding carboxylic acids is 2. The molecule has 0 bridgehead atoms. The minimum atomic E-state index is -0.529. The Morgan fingerprint density at radius 1 is 1.20 bits per heavy atom. The maximum atomic E-state index is 13.0. The standard InChI is InChI=1S/C19H21N3O3/c1-25-16-9-5-8-15(12-16)21-19(24)18(14-6-3-2-4-7-14)22-11-10-20-17(23)13-22/h2-9,12,18H,10-11,13H2,1H3,(H,20,23)(H,21,24)/t18-/m1/s1. The van der Waals surface area contributed by atoms with Gasteiger partial charge in [0.15, 0.2) is 0 Å². The molecule has 0 radical (unpaired) electrons. The molecule has 0 unspecified atom stereocenters. The number of nitrogens with one attached hydrogen (secondary N) is 2. The lowest BCUT2D eigenvalue weighted by atomic mass is 10.0. The van der Waals surface area contributed by atoms with Crippen molar-refractivity contribution in [1.82, 2.24) is 10.2 Å². The lowest BCUT2D eigenvalue weighted by molar-refractivity contribution is -0.128. The van der Waals surface area contributed by atoms with Crippen LogP contribution in [0, 0.1) is 0 Å². The molecule has 6 heteroatoms. The fourth-order valence-electron chi connectivity index (χ4n) is 2.95. The highest BCUT2D eigenvalue weighted by Crippen LogP contribution is 2.24. The van der Waals surface area contributed by atoms with Gasteiger partial charge < -0.3 is 15.4 Å². The van der Waals surface area contributed by atoms with Gasteiger partial charge >= 0.3 is 0 Å². The minimum absolute atomic E-state index is 0.0682. The van der Waals surface area contributed by atoms with Crippen LogP contribution in [-0.4, -0.2) is 43.5 Å². The molecule has 0 saturated carbocycles. The van der Waals surface area contributed by atoms with Crippen molar-refractivity contribution in [3.8, 4) is 5.75 Å². The van der Waals surface area contributed by atoms with Crippen molar-refractivity contribution < 1.29 is 14.3 Å². The molecule has 2 N–H and O–H groups in total. The Morgan fingerprint density at radius 2 is 2.00 bits per heavy atom. The Balaban J connectivity index is 1.85. The number of hydrogen-bond acceptors (Lipinski definition) is 4. The van der Waals surface area contributed by atoms with E-state index >= 15 is 0 Å². The van der Waals surface area contributed by atoms with E-state index in [4.69, 9.17) is 4.74 Å². The van der Waals surface area contributed by atoms with Crippen molar-refractivity contribution in [3.63, 3.8) is 0 Å². The molecule has 3 rings (SSSR count). The normalized spacial score (nSPS) is 16.0. The number of ether oxygens (including phenoxy) is 1. The average molecular weight is 339 g/mol. The van der Waals surface area contributed by atoms with E-state index in [0.717, 1.165) is 5.56 Å². The highest BCUT2D eigenvalue weighted by atomic mass is 16.5. The van der Waals surface area contributed by atoms with E-state index in [-0.39, 0.29) is 18.4 Å². The molecule has 0 aromatic heterocycles. The zero-order chi connectivity index (χ0) is 17.6. The number of piperazine rings is 1. The predicted octanol–water partition coefficient (Wildman–Crippen LogP) is 1.81. The van der Waals surface area contributed by atoms with Crippen LogP contribution in [0.3, 0.4) is 0 Å². The minimum Gasteiger partial charge on any atom is -0.497 e. The number of hydrogen-bond donors (Lipinski definition) is 2. The van der Waals surface area contributed by atoms with Gasteiger partial charge in [-0.25, -0.2) is 0 Å². The predicted molar refractivity (Wildman–Crippen MR) is 95.4 cm³/mol. The van der Waals surface area contributed by atoms with E-state index in [0.29, 0.717) is 24.5 Å². The van der Waals surface area contributed by atoms with Gasteiger partial charge in [-0.15, -0.1) is 0 Å².